The smallest absolute Gasteiger partial charge is 0.352 e. The van der Waals surface area contributed by atoms with E-state index in [0.29, 0.717) is 42.1 Å². The Labute approximate surface area is 222 Å². The number of aliphatic carboxylic acids is 1. The quantitative estimate of drug-likeness (QED) is 0.173. The van der Waals surface area contributed by atoms with E-state index in [4.69, 9.17) is 5.73 Å². The molecular weight excluding hydrogens is 510 g/mol. The number of anilines is 1. The van der Waals surface area contributed by atoms with Gasteiger partial charge in [0.05, 0.1) is 0 Å². The van der Waals surface area contributed by atoms with Gasteiger partial charge in [-0.2, -0.15) is 4.57 Å². The van der Waals surface area contributed by atoms with Gasteiger partial charge >= 0.3 is 5.97 Å². The zero-order valence-electron chi connectivity index (χ0n) is 20.2. The minimum atomic E-state index is -1.21. The van der Waals surface area contributed by atoms with Crippen LogP contribution in [0.15, 0.2) is 71.7 Å². The fourth-order valence-corrected chi connectivity index (χ4v) is 5.90. The van der Waals surface area contributed by atoms with Crippen molar-refractivity contribution in [3.8, 4) is 5.75 Å². The number of phenolic OH excluding ortho intramolecular Hbond substituents is 1. The Morgan fingerprint density at radius 1 is 1.16 bits per heavy atom. The number of carboxylic acid groups (broad SMARTS) is 1. The second-order valence-corrected chi connectivity index (χ2v) is 10.3. The first-order valence-electron chi connectivity index (χ1n) is 11.9. The van der Waals surface area contributed by atoms with Gasteiger partial charge in [0.1, 0.15) is 22.9 Å². The molecule has 2 fully saturated rings. The Balaban J connectivity index is 1.21. The third-order valence-electron chi connectivity index (χ3n) is 6.61. The molecule has 0 aliphatic carbocycles. The van der Waals surface area contributed by atoms with Crippen LogP contribution >= 0.6 is 11.8 Å². The van der Waals surface area contributed by atoms with Crippen LogP contribution in [0.25, 0.3) is 0 Å². The number of amides is 3. The SMILES string of the molecule is N[C@@H]1C(=O)N2C(C(=O)O)=C(/C=C3\CCN(Cc4cc[n+](CC(=O)Nc5ccc(O)cc5)cc4)C3=O)CS[C@H]12. The number of rotatable bonds is 7. The lowest BCUT2D eigenvalue weighted by Gasteiger charge is -2.47. The molecule has 5 rings (SSSR count). The molecule has 2 atom stereocenters. The van der Waals surface area contributed by atoms with Crippen LogP contribution in [-0.4, -0.2) is 67.4 Å². The Bertz CT molecular complexity index is 1370. The standard InChI is InChI=1S/C26H25N5O6S/c27-21-24(35)31-22(26(36)37)17(14-38-25(21)31)11-16-7-10-30(23(16)34)12-15-5-8-29(9-6-15)13-20(33)28-18-1-3-19(32)4-2-18/h1-6,8-9,11,21,25H,7,10,12-14,27H2,(H2-,28,32,33,36,37)/p+1/b16-11+/t21-,25-/m1/s1. The topological polar surface area (TPSA) is 157 Å². The van der Waals surface area contributed by atoms with Crippen LogP contribution in [0.2, 0.25) is 0 Å². The fraction of sp³-hybridized carbons (Fsp3) is 0.269. The van der Waals surface area contributed by atoms with Crippen molar-refractivity contribution in [1.82, 2.24) is 9.80 Å². The van der Waals surface area contributed by atoms with Gasteiger partial charge in [-0.15, -0.1) is 11.8 Å². The van der Waals surface area contributed by atoms with Gasteiger partial charge in [0, 0.05) is 42.2 Å². The predicted molar refractivity (Wildman–Crippen MR) is 137 cm³/mol. The van der Waals surface area contributed by atoms with Gasteiger partial charge in [0.15, 0.2) is 12.4 Å². The molecule has 11 nitrogen and oxygen atoms in total. The van der Waals surface area contributed by atoms with Gasteiger partial charge in [-0.3, -0.25) is 19.3 Å². The molecule has 3 amide bonds. The molecule has 0 unspecified atom stereocenters. The lowest BCUT2D eigenvalue weighted by atomic mass is 10.0. The summed E-state index contributed by atoms with van der Waals surface area (Å²) in [5.41, 5.74) is 8.12. The van der Waals surface area contributed by atoms with Gasteiger partial charge in [0.2, 0.25) is 18.4 Å². The number of allylic oxidation sites excluding steroid dienone is 1. The Morgan fingerprint density at radius 3 is 2.55 bits per heavy atom. The van der Waals surface area contributed by atoms with Gasteiger partial charge in [-0.1, -0.05) is 0 Å². The van der Waals surface area contributed by atoms with Gasteiger partial charge in [-0.25, -0.2) is 4.79 Å². The summed E-state index contributed by atoms with van der Waals surface area (Å²) in [6, 6.07) is 9.18. The zero-order valence-corrected chi connectivity index (χ0v) is 21.1. The number of carbonyl (C=O) groups excluding carboxylic acids is 3. The minimum absolute atomic E-state index is 0.0961. The highest BCUT2D eigenvalue weighted by Gasteiger charge is 2.51. The number of nitrogens with two attached hydrogens (primary N) is 1. The Kier molecular flexibility index (Phi) is 6.91. The maximum atomic E-state index is 13.0. The average Bonchev–Trinajstić information content (AvgIpc) is 3.24. The van der Waals surface area contributed by atoms with Crippen molar-refractivity contribution in [1.29, 1.82) is 0 Å². The Hall–Kier alpha value is -4.16. The van der Waals surface area contributed by atoms with Crippen LogP contribution < -0.4 is 15.6 Å². The van der Waals surface area contributed by atoms with E-state index in [2.05, 4.69) is 5.32 Å². The molecule has 0 saturated carbocycles. The number of aromatic nitrogens is 1. The molecule has 196 valence electrons. The summed E-state index contributed by atoms with van der Waals surface area (Å²) in [5, 5.41) is 21.4. The highest BCUT2D eigenvalue weighted by Crippen LogP contribution is 2.40. The van der Waals surface area contributed by atoms with E-state index in [9.17, 15) is 29.4 Å². The molecule has 0 spiro atoms. The molecule has 12 heteroatoms. The van der Waals surface area contributed by atoms with Crippen molar-refractivity contribution < 1.29 is 34.0 Å². The lowest BCUT2D eigenvalue weighted by Crippen LogP contribution is -2.68. The van der Waals surface area contributed by atoms with Crippen LogP contribution in [0.1, 0.15) is 12.0 Å². The van der Waals surface area contributed by atoms with Gasteiger partial charge in [-0.05, 0) is 47.9 Å². The molecule has 3 aliphatic heterocycles. The highest BCUT2D eigenvalue weighted by atomic mass is 32.2. The molecule has 1 aromatic carbocycles. The van der Waals surface area contributed by atoms with Gasteiger partial charge < -0.3 is 26.2 Å². The van der Waals surface area contributed by atoms with Crippen molar-refractivity contribution in [3.05, 3.63) is 77.3 Å². The third-order valence-corrected chi connectivity index (χ3v) is 7.94. The fourth-order valence-electron chi connectivity index (χ4n) is 4.64. The first-order valence-corrected chi connectivity index (χ1v) is 13.0. The summed E-state index contributed by atoms with van der Waals surface area (Å²) in [4.78, 5) is 52.3. The van der Waals surface area contributed by atoms with Crippen LogP contribution in [0.3, 0.4) is 0 Å². The van der Waals surface area contributed by atoms with E-state index in [-0.39, 0.29) is 35.2 Å². The van der Waals surface area contributed by atoms with Crippen molar-refractivity contribution in [2.75, 3.05) is 17.6 Å². The Morgan fingerprint density at radius 2 is 1.87 bits per heavy atom. The maximum absolute atomic E-state index is 13.0. The summed E-state index contributed by atoms with van der Waals surface area (Å²) >= 11 is 1.40. The molecule has 1 aromatic heterocycles. The van der Waals surface area contributed by atoms with Crippen molar-refractivity contribution in [2.45, 2.75) is 30.9 Å². The first-order chi connectivity index (χ1) is 18.2. The van der Waals surface area contributed by atoms with E-state index >= 15 is 0 Å². The minimum Gasteiger partial charge on any atom is -0.508 e. The number of aromatic hydroxyl groups is 1. The molecule has 0 radical (unpaired) electrons. The number of nitrogens with one attached hydrogen (secondary N) is 1. The molecule has 4 heterocycles. The molecule has 5 N–H and O–H groups in total. The number of β-lactam (4-membered cyclic amide) rings is 1. The number of carboxylic acids is 1. The third kappa shape index (κ3) is 5.00. The number of benzene rings is 1. The van der Waals surface area contributed by atoms with Crippen LogP contribution in [0.4, 0.5) is 5.69 Å². The molecule has 2 aromatic rings. The predicted octanol–water partition coefficient (Wildman–Crippen LogP) is 0.558. The highest BCUT2D eigenvalue weighted by molar-refractivity contribution is 8.00. The molecule has 2 saturated heterocycles. The number of hydrogen-bond acceptors (Lipinski definition) is 7. The number of fused-ring (bicyclic) bond motifs is 1. The van der Waals surface area contributed by atoms with Crippen molar-refractivity contribution in [3.63, 3.8) is 0 Å². The van der Waals surface area contributed by atoms with E-state index in [1.54, 1.807) is 40.1 Å². The summed E-state index contributed by atoms with van der Waals surface area (Å²) in [6.45, 7) is 0.965. The number of likely N-dealkylation sites (tertiary alicyclic amines) is 1. The van der Waals surface area contributed by atoms with E-state index in [0.717, 1.165) is 5.56 Å². The second kappa shape index (κ2) is 10.3. The van der Waals surface area contributed by atoms with Crippen LogP contribution in [0, 0.1) is 0 Å². The lowest BCUT2D eigenvalue weighted by molar-refractivity contribution is -0.684. The first kappa shape index (κ1) is 25.5. The molecule has 38 heavy (non-hydrogen) atoms. The summed E-state index contributed by atoms with van der Waals surface area (Å²) < 4.78 is 1.72. The number of carbonyl (C=O) groups is 4. The summed E-state index contributed by atoms with van der Waals surface area (Å²) in [7, 11) is 0. The summed E-state index contributed by atoms with van der Waals surface area (Å²) in [5.74, 6) is -1.55. The monoisotopic (exact) mass is 536 g/mol. The maximum Gasteiger partial charge on any atom is 0.352 e. The van der Waals surface area contributed by atoms with Crippen molar-refractivity contribution >= 4 is 41.1 Å². The number of pyridine rings is 1. The average molecular weight is 537 g/mol. The van der Waals surface area contributed by atoms with Crippen LogP contribution in [-0.2, 0) is 32.3 Å². The molecule has 0 bridgehead atoms. The largest absolute Gasteiger partial charge is 0.508 e. The number of nitrogens with zero attached hydrogens (tertiary/aromatic N) is 3. The van der Waals surface area contributed by atoms with Gasteiger partial charge in [0.25, 0.3) is 5.91 Å². The number of phenols is 1. The number of thioether (sulfide) groups is 1. The van der Waals surface area contributed by atoms with E-state index < -0.39 is 17.9 Å². The second-order valence-electron chi connectivity index (χ2n) is 9.23. The zero-order chi connectivity index (χ0) is 27.0. The normalized spacial score (nSPS) is 22.0. The van der Waals surface area contributed by atoms with E-state index in [1.807, 2.05) is 12.1 Å². The van der Waals surface area contributed by atoms with Crippen molar-refractivity contribution in [2.24, 2.45) is 5.73 Å². The number of hydrogen-bond donors (Lipinski definition) is 4. The summed E-state index contributed by atoms with van der Waals surface area (Å²) in [6.07, 6.45) is 5.60. The van der Waals surface area contributed by atoms with E-state index in [1.165, 1.54) is 28.8 Å². The molecular formula is C26H26N5O6S+. The molecule has 3 aliphatic rings. The van der Waals surface area contributed by atoms with Crippen LogP contribution in [0.5, 0.6) is 5.75 Å².